The zero-order chi connectivity index (χ0) is 18.8. The minimum absolute atomic E-state index is 0.104. The summed E-state index contributed by atoms with van der Waals surface area (Å²) in [5.74, 6) is -0.736. The van der Waals surface area contributed by atoms with Gasteiger partial charge in [-0.05, 0) is 48.8 Å². The summed E-state index contributed by atoms with van der Waals surface area (Å²) in [5, 5.41) is 5.99. The van der Waals surface area contributed by atoms with Crippen LogP contribution in [0, 0.1) is 5.41 Å². The topological polar surface area (TPSA) is 105 Å². The highest BCUT2D eigenvalue weighted by molar-refractivity contribution is 6.05. The maximum absolute atomic E-state index is 13.1. The molecule has 1 saturated heterocycles. The number of hydrogen-bond acceptors (Lipinski definition) is 5. The van der Waals surface area contributed by atoms with Crippen LogP contribution in [0.3, 0.4) is 0 Å². The normalized spacial score (nSPS) is 34.0. The summed E-state index contributed by atoms with van der Waals surface area (Å²) >= 11 is 0. The van der Waals surface area contributed by atoms with Gasteiger partial charge >= 0.3 is 0 Å². The van der Waals surface area contributed by atoms with Gasteiger partial charge in [0.05, 0.1) is 0 Å². The smallest absolute Gasteiger partial charge is 0.255 e. The number of imide groups is 1. The lowest BCUT2D eigenvalue weighted by Crippen LogP contribution is -2.75. The number of fused-ring (bicyclic) bond motifs is 1. The molecule has 0 radical (unpaired) electrons. The Morgan fingerprint density at radius 1 is 1.22 bits per heavy atom. The third-order valence-corrected chi connectivity index (χ3v) is 6.87. The second-order valence-electron chi connectivity index (χ2n) is 8.72. The van der Waals surface area contributed by atoms with E-state index in [1.807, 2.05) is 18.2 Å². The Morgan fingerprint density at radius 3 is 2.70 bits per heavy atom. The minimum Gasteiger partial charge on any atom is -0.330 e. The number of nitrogens with one attached hydrogen (secondary N) is 2. The van der Waals surface area contributed by atoms with E-state index in [2.05, 4.69) is 10.6 Å². The Balaban J connectivity index is 1.31. The number of amides is 3. The van der Waals surface area contributed by atoms with Crippen molar-refractivity contribution >= 4 is 17.7 Å². The predicted octanol–water partition coefficient (Wildman–Crippen LogP) is 0.419. The summed E-state index contributed by atoms with van der Waals surface area (Å²) in [4.78, 5) is 38.3. The lowest BCUT2D eigenvalue weighted by Gasteiger charge is -2.71. The van der Waals surface area contributed by atoms with Crippen LogP contribution in [0.2, 0.25) is 0 Å². The van der Waals surface area contributed by atoms with E-state index in [9.17, 15) is 14.4 Å². The number of carbonyl (C=O) groups excluding carboxylic acids is 3. The molecule has 1 aromatic rings. The van der Waals surface area contributed by atoms with Crippen molar-refractivity contribution in [1.29, 1.82) is 0 Å². The highest BCUT2D eigenvalue weighted by Gasteiger charge is 2.66. The van der Waals surface area contributed by atoms with E-state index < -0.39 is 6.04 Å². The van der Waals surface area contributed by atoms with Crippen LogP contribution in [-0.4, -0.2) is 40.7 Å². The summed E-state index contributed by atoms with van der Waals surface area (Å²) in [5.41, 5.74) is 9.07. The Labute approximate surface area is 157 Å². The molecule has 7 heteroatoms. The molecule has 6 rings (SSSR count). The lowest BCUT2D eigenvalue weighted by atomic mass is 9.39. The fourth-order valence-electron chi connectivity index (χ4n) is 5.52. The van der Waals surface area contributed by atoms with Crippen LogP contribution >= 0.6 is 0 Å². The number of nitrogens with two attached hydrogens (primary N) is 1. The first kappa shape index (κ1) is 16.9. The second kappa shape index (κ2) is 5.62. The van der Waals surface area contributed by atoms with Gasteiger partial charge in [0.25, 0.3) is 5.91 Å². The Hall–Kier alpha value is -2.25. The van der Waals surface area contributed by atoms with Crippen molar-refractivity contribution in [2.24, 2.45) is 11.1 Å². The van der Waals surface area contributed by atoms with Crippen LogP contribution in [0.5, 0.6) is 0 Å². The molecule has 5 aliphatic rings. The third-order valence-electron chi connectivity index (χ3n) is 6.87. The largest absolute Gasteiger partial charge is 0.330 e. The minimum atomic E-state index is -0.564. The van der Waals surface area contributed by atoms with Crippen molar-refractivity contribution in [3.63, 3.8) is 0 Å². The first-order valence-electron chi connectivity index (χ1n) is 9.65. The van der Waals surface area contributed by atoms with Crippen LogP contribution < -0.4 is 16.4 Å². The number of piperidine rings is 1. The fraction of sp³-hybridized carbons (Fsp3) is 0.550. The van der Waals surface area contributed by atoms with Gasteiger partial charge in [0.1, 0.15) is 6.04 Å². The van der Waals surface area contributed by atoms with Crippen LogP contribution in [-0.2, 0) is 22.7 Å². The molecule has 3 saturated carbocycles. The molecule has 1 unspecified atom stereocenters. The molecule has 0 spiro atoms. The van der Waals surface area contributed by atoms with Crippen molar-refractivity contribution in [3.05, 3.63) is 34.9 Å². The first-order valence-corrected chi connectivity index (χ1v) is 9.65. The highest BCUT2D eigenvalue weighted by Crippen LogP contribution is 2.66. The Kier molecular flexibility index (Phi) is 3.52. The van der Waals surface area contributed by atoms with Gasteiger partial charge in [-0.3, -0.25) is 19.7 Å². The van der Waals surface area contributed by atoms with Gasteiger partial charge in [0.15, 0.2) is 0 Å². The van der Waals surface area contributed by atoms with Gasteiger partial charge in [0.2, 0.25) is 11.8 Å². The summed E-state index contributed by atoms with van der Waals surface area (Å²) < 4.78 is 0. The fourth-order valence-corrected chi connectivity index (χ4v) is 5.52. The first-order chi connectivity index (χ1) is 12.9. The number of nitrogens with zero attached hydrogens (tertiary/aromatic N) is 1. The number of carbonyl (C=O) groups is 3. The van der Waals surface area contributed by atoms with Gasteiger partial charge in [-0.2, -0.15) is 0 Å². The molecule has 3 amide bonds. The van der Waals surface area contributed by atoms with Gasteiger partial charge in [0, 0.05) is 30.6 Å². The summed E-state index contributed by atoms with van der Waals surface area (Å²) in [6.45, 7) is 1.84. The molecule has 142 valence electrons. The zero-order valence-corrected chi connectivity index (χ0v) is 15.2. The molecule has 2 bridgehead atoms. The molecule has 2 aliphatic heterocycles. The zero-order valence-electron chi connectivity index (χ0n) is 15.2. The number of rotatable bonds is 5. The van der Waals surface area contributed by atoms with Crippen molar-refractivity contribution in [1.82, 2.24) is 15.5 Å². The van der Waals surface area contributed by atoms with Crippen LogP contribution in [0.1, 0.15) is 53.6 Å². The lowest BCUT2D eigenvalue weighted by molar-refractivity contribution is -0.147. The number of hydrogen-bond donors (Lipinski definition) is 3. The van der Waals surface area contributed by atoms with Crippen LogP contribution in [0.25, 0.3) is 0 Å². The highest BCUT2D eigenvalue weighted by atomic mass is 16.2. The molecule has 4 N–H and O–H groups in total. The molecule has 1 atom stereocenters. The van der Waals surface area contributed by atoms with Gasteiger partial charge in [-0.15, -0.1) is 0 Å². The molecule has 4 fully saturated rings. The van der Waals surface area contributed by atoms with Crippen LogP contribution in [0.15, 0.2) is 18.2 Å². The van der Waals surface area contributed by atoms with Crippen molar-refractivity contribution in [2.45, 2.75) is 56.8 Å². The van der Waals surface area contributed by atoms with Gasteiger partial charge in [-0.1, -0.05) is 18.2 Å². The second-order valence-corrected chi connectivity index (χ2v) is 8.72. The molecule has 3 aliphatic carbocycles. The van der Waals surface area contributed by atoms with Crippen molar-refractivity contribution in [3.8, 4) is 0 Å². The predicted molar refractivity (Wildman–Crippen MR) is 97.4 cm³/mol. The standard InChI is InChI=1S/C20H24N4O3/c21-11-19-8-20(9-19,10-19)22-6-12-2-1-3-13-7-24(18(27)16(12)13)14-4-5-15(25)23-17(14)26/h1-3,14,22H,4-11,21H2,(H,23,25,26). The van der Waals surface area contributed by atoms with Crippen molar-refractivity contribution < 1.29 is 14.4 Å². The monoisotopic (exact) mass is 368 g/mol. The van der Waals surface area contributed by atoms with Gasteiger partial charge < -0.3 is 16.0 Å². The van der Waals surface area contributed by atoms with E-state index in [1.54, 1.807) is 4.90 Å². The molecule has 2 heterocycles. The molecule has 0 aromatic heterocycles. The molecule has 27 heavy (non-hydrogen) atoms. The van der Waals surface area contributed by atoms with Crippen molar-refractivity contribution in [2.75, 3.05) is 6.54 Å². The molecular weight excluding hydrogens is 344 g/mol. The molecule has 1 aromatic carbocycles. The van der Waals surface area contributed by atoms with E-state index in [4.69, 9.17) is 5.73 Å². The van der Waals surface area contributed by atoms with Crippen LogP contribution in [0.4, 0.5) is 0 Å². The Bertz CT molecular complexity index is 845. The summed E-state index contributed by atoms with van der Waals surface area (Å²) in [7, 11) is 0. The van der Waals surface area contributed by atoms with E-state index >= 15 is 0 Å². The SMILES string of the molecule is NCC12CC(NCc3cccc4c3C(=O)N(C3CCC(=O)NC3=O)C4)(C1)C2. The Morgan fingerprint density at radius 2 is 2.00 bits per heavy atom. The van der Waals surface area contributed by atoms with E-state index in [0.29, 0.717) is 24.9 Å². The van der Waals surface area contributed by atoms with E-state index in [0.717, 1.165) is 42.5 Å². The summed E-state index contributed by atoms with van der Waals surface area (Å²) in [6, 6.07) is 5.35. The maximum atomic E-state index is 13.1. The maximum Gasteiger partial charge on any atom is 0.255 e. The summed E-state index contributed by atoms with van der Waals surface area (Å²) in [6.07, 6.45) is 4.05. The third kappa shape index (κ3) is 2.45. The van der Waals surface area contributed by atoms with E-state index in [-0.39, 0.29) is 29.7 Å². The van der Waals surface area contributed by atoms with E-state index in [1.165, 1.54) is 0 Å². The quantitative estimate of drug-likeness (QED) is 0.654. The average Bonchev–Trinajstić information content (AvgIpc) is 2.90. The molecular formula is C20H24N4O3. The average molecular weight is 368 g/mol. The van der Waals surface area contributed by atoms with Gasteiger partial charge in [-0.25, -0.2) is 0 Å². The molecule has 7 nitrogen and oxygen atoms in total. The number of benzene rings is 1.